The van der Waals surface area contributed by atoms with Crippen molar-refractivity contribution in [2.45, 2.75) is 44.8 Å². The fraction of sp³-hybridized carbons (Fsp3) is 0.429. The van der Waals surface area contributed by atoms with Gasteiger partial charge in [-0.15, -0.1) is 0 Å². The Morgan fingerprint density at radius 3 is 2.62 bits per heavy atom. The highest BCUT2D eigenvalue weighted by Crippen LogP contribution is 2.32. The second-order valence-corrected chi connectivity index (χ2v) is 7.87. The predicted octanol–water partition coefficient (Wildman–Crippen LogP) is 3.51. The van der Waals surface area contributed by atoms with Gasteiger partial charge in [0.25, 0.3) is 5.56 Å². The number of halogens is 1. The molecule has 3 aromatic rings. The molecular formula is C21H24FN5O5. The number of aromatic nitrogens is 4. The van der Waals surface area contributed by atoms with Gasteiger partial charge in [-0.25, -0.2) is 14.2 Å². The monoisotopic (exact) mass is 445 g/mol. The fourth-order valence-corrected chi connectivity index (χ4v) is 4.19. The minimum Gasteiger partial charge on any atom is -0.449 e. The number of nitrogens with zero attached hydrogens (tertiary/aromatic N) is 4. The van der Waals surface area contributed by atoms with Gasteiger partial charge < -0.3 is 24.5 Å². The van der Waals surface area contributed by atoms with Crippen molar-refractivity contribution in [1.29, 1.82) is 0 Å². The third kappa shape index (κ3) is 4.15. The summed E-state index contributed by atoms with van der Waals surface area (Å²) < 4.78 is 27.5. The number of anilines is 2. The van der Waals surface area contributed by atoms with E-state index in [0.717, 1.165) is 12.8 Å². The summed E-state index contributed by atoms with van der Waals surface area (Å²) in [5.41, 5.74) is 0.650. The molecule has 1 saturated carbocycles. The van der Waals surface area contributed by atoms with Crippen molar-refractivity contribution in [2.75, 3.05) is 12.4 Å². The molecule has 1 fully saturated rings. The zero-order valence-corrected chi connectivity index (χ0v) is 18.0. The van der Waals surface area contributed by atoms with Crippen LogP contribution >= 0.6 is 0 Å². The molecule has 0 saturated heterocycles. The number of pyridine rings is 1. The van der Waals surface area contributed by atoms with Crippen LogP contribution in [0, 0.1) is 12.7 Å². The molecule has 0 radical (unpaired) electrons. The molecule has 3 heterocycles. The van der Waals surface area contributed by atoms with Gasteiger partial charge in [-0.05, 0) is 38.7 Å². The van der Waals surface area contributed by atoms with Gasteiger partial charge in [0.2, 0.25) is 11.8 Å². The van der Waals surface area contributed by atoms with Crippen LogP contribution in [0.4, 0.5) is 20.8 Å². The molecule has 3 aromatic heterocycles. The zero-order valence-electron chi connectivity index (χ0n) is 18.0. The first-order valence-electron chi connectivity index (χ1n) is 10.2. The third-order valence-electron chi connectivity index (χ3n) is 5.79. The standard InChI is InChI=1S/C21H24FN5O5/c1-11-15-9-16(22)19(28)27(13-4-6-14(31-3)7-5-13)18(15)25-20(23-11)24-12-8-17(26(2)10-12)32-21(29)30/h8-10,13-14H,4-7H2,1-3H3,(H,29,30)(H,23,24,25). The van der Waals surface area contributed by atoms with Gasteiger partial charge in [-0.3, -0.25) is 9.36 Å². The summed E-state index contributed by atoms with van der Waals surface area (Å²) in [6.07, 6.45) is 3.23. The van der Waals surface area contributed by atoms with E-state index in [9.17, 15) is 14.0 Å². The molecule has 0 amide bonds. The molecule has 0 aromatic carbocycles. The van der Waals surface area contributed by atoms with E-state index >= 15 is 0 Å². The lowest BCUT2D eigenvalue weighted by Gasteiger charge is -2.29. The molecule has 170 valence electrons. The molecule has 11 heteroatoms. The molecule has 1 aliphatic carbocycles. The molecule has 4 rings (SSSR count). The van der Waals surface area contributed by atoms with Crippen LogP contribution in [0.3, 0.4) is 0 Å². The SMILES string of the molecule is COC1CCC(n2c(=O)c(F)cc3c(C)nc(Nc4cc(OC(=O)O)n(C)c4)nc32)CC1. The van der Waals surface area contributed by atoms with Crippen LogP contribution in [0.15, 0.2) is 23.1 Å². The molecular weight excluding hydrogens is 421 g/mol. The number of methoxy groups -OCH3 is 1. The van der Waals surface area contributed by atoms with Gasteiger partial charge in [-0.1, -0.05) is 0 Å². The van der Waals surface area contributed by atoms with Crippen molar-refractivity contribution in [3.63, 3.8) is 0 Å². The highest BCUT2D eigenvalue weighted by molar-refractivity contribution is 5.79. The Kier molecular flexibility index (Phi) is 5.83. The maximum Gasteiger partial charge on any atom is 0.512 e. The van der Waals surface area contributed by atoms with E-state index in [4.69, 9.17) is 14.6 Å². The van der Waals surface area contributed by atoms with Crippen LogP contribution < -0.4 is 15.6 Å². The lowest BCUT2D eigenvalue weighted by molar-refractivity contribution is 0.0583. The second-order valence-electron chi connectivity index (χ2n) is 7.87. The van der Waals surface area contributed by atoms with E-state index in [0.29, 0.717) is 35.3 Å². The van der Waals surface area contributed by atoms with Crippen LogP contribution in [0.25, 0.3) is 11.0 Å². The Balaban J connectivity index is 1.74. The van der Waals surface area contributed by atoms with Crippen molar-refractivity contribution in [3.8, 4) is 5.88 Å². The maximum absolute atomic E-state index is 14.5. The highest BCUT2D eigenvalue weighted by atomic mass is 19.1. The van der Waals surface area contributed by atoms with Crippen molar-refractivity contribution >= 4 is 28.8 Å². The summed E-state index contributed by atoms with van der Waals surface area (Å²) in [5, 5.41) is 12.3. The quantitative estimate of drug-likeness (QED) is 0.573. The largest absolute Gasteiger partial charge is 0.512 e. The van der Waals surface area contributed by atoms with E-state index in [1.165, 1.54) is 21.3 Å². The first-order chi connectivity index (χ1) is 15.3. The molecule has 32 heavy (non-hydrogen) atoms. The number of hydrogen-bond acceptors (Lipinski definition) is 7. The zero-order chi connectivity index (χ0) is 23.0. The number of carboxylic acid groups (broad SMARTS) is 1. The topological polar surface area (TPSA) is 121 Å². The first kappa shape index (κ1) is 21.8. The number of rotatable bonds is 5. The average Bonchev–Trinajstić information content (AvgIpc) is 3.08. The van der Waals surface area contributed by atoms with Crippen molar-refractivity contribution in [2.24, 2.45) is 7.05 Å². The first-order valence-corrected chi connectivity index (χ1v) is 10.2. The third-order valence-corrected chi connectivity index (χ3v) is 5.79. The summed E-state index contributed by atoms with van der Waals surface area (Å²) in [6.45, 7) is 1.72. The van der Waals surface area contributed by atoms with E-state index in [2.05, 4.69) is 15.3 Å². The van der Waals surface area contributed by atoms with Gasteiger partial charge in [0, 0.05) is 37.8 Å². The number of carbonyl (C=O) groups is 1. The number of nitrogens with one attached hydrogen (secondary N) is 1. The Bertz CT molecular complexity index is 1230. The molecule has 10 nitrogen and oxygen atoms in total. The predicted molar refractivity (Wildman–Crippen MR) is 114 cm³/mol. The maximum atomic E-state index is 14.5. The summed E-state index contributed by atoms with van der Waals surface area (Å²) >= 11 is 0. The second kappa shape index (κ2) is 8.58. The average molecular weight is 445 g/mol. The van der Waals surface area contributed by atoms with Crippen LogP contribution in [-0.4, -0.2) is 43.6 Å². The van der Waals surface area contributed by atoms with Gasteiger partial charge in [-0.2, -0.15) is 4.98 Å². The molecule has 0 spiro atoms. The molecule has 2 N–H and O–H groups in total. The van der Waals surface area contributed by atoms with Gasteiger partial charge in [0.15, 0.2) is 5.82 Å². The van der Waals surface area contributed by atoms with Gasteiger partial charge in [0.1, 0.15) is 5.65 Å². The van der Waals surface area contributed by atoms with Crippen LogP contribution in [0.5, 0.6) is 5.88 Å². The minimum absolute atomic E-state index is 0.117. The summed E-state index contributed by atoms with van der Waals surface area (Å²) in [5.74, 6) is -0.517. The minimum atomic E-state index is -1.43. The number of hydrogen-bond donors (Lipinski definition) is 2. The van der Waals surface area contributed by atoms with Crippen molar-refractivity contribution in [1.82, 2.24) is 19.1 Å². The Morgan fingerprint density at radius 2 is 1.97 bits per heavy atom. The summed E-state index contributed by atoms with van der Waals surface area (Å²) in [4.78, 5) is 32.5. The van der Waals surface area contributed by atoms with E-state index < -0.39 is 17.5 Å². The Hall–Kier alpha value is -3.47. The number of aryl methyl sites for hydroxylation is 2. The van der Waals surface area contributed by atoms with Crippen LogP contribution in [0.2, 0.25) is 0 Å². The Morgan fingerprint density at radius 1 is 1.25 bits per heavy atom. The number of ether oxygens (including phenoxy) is 2. The fourth-order valence-electron chi connectivity index (χ4n) is 4.19. The Labute approximate surface area is 182 Å². The van der Waals surface area contributed by atoms with Gasteiger partial charge in [0.05, 0.1) is 17.5 Å². The summed E-state index contributed by atoms with van der Waals surface area (Å²) in [7, 11) is 3.30. The van der Waals surface area contributed by atoms with Crippen molar-refractivity contribution in [3.05, 3.63) is 40.2 Å². The highest BCUT2D eigenvalue weighted by Gasteiger charge is 2.26. The van der Waals surface area contributed by atoms with Crippen LogP contribution in [0.1, 0.15) is 37.4 Å². The van der Waals surface area contributed by atoms with Crippen molar-refractivity contribution < 1.29 is 23.8 Å². The van der Waals surface area contributed by atoms with E-state index in [1.807, 2.05) is 0 Å². The van der Waals surface area contributed by atoms with E-state index in [1.54, 1.807) is 27.3 Å². The van der Waals surface area contributed by atoms with E-state index in [-0.39, 0.29) is 24.0 Å². The lowest BCUT2D eigenvalue weighted by atomic mass is 9.92. The molecule has 0 unspecified atom stereocenters. The number of fused-ring (bicyclic) bond motifs is 1. The molecule has 0 aliphatic heterocycles. The molecule has 0 atom stereocenters. The smallest absolute Gasteiger partial charge is 0.449 e. The van der Waals surface area contributed by atoms with Gasteiger partial charge >= 0.3 is 6.16 Å². The summed E-state index contributed by atoms with van der Waals surface area (Å²) in [6, 6.07) is 2.47. The lowest BCUT2D eigenvalue weighted by Crippen LogP contribution is -2.32. The normalized spacial score (nSPS) is 18.6. The van der Waals surface area contributed by atoms with Crippen LogP contribution in [-0.2, 0) is 11.8 Å². The molecule has 1 aliphatic rings. The molecule has 0 bridgehead atoms.